The van der Waals surface area contributed by atoms with Crippen LogP contribution in [-0.4, -0.2) is 49.6 Å². The Hall–Kier alpha value is -2.54. The van der Waals surface area contributed by atoms with Gasteiger partial charge in [0.15, 0.2) is 5.96 Å². The summed E-state index contributed by atoms with van der Waals surface area (Å²) in [4.78, 5) is 11.2. The molecule has 0 saturated carbocycles. The Kier molecular flexibility index (Phi) is 9.17. The molecule has 7 nitrogen and oxygen atoms in total. The van der Waals surface area contributed by atoms with E-state index in [0.717, 1.165) is 49.1 Å². The Labute approximate surface area is 180 Å². The van der Waals surface area contributed by atoms with Crippen LogP contribution >= 0.6 is 0 Å². The summed E-state index contributed by atoms with van der Waals surface area (Å²) in [6.45, 7) is 12.0. The van der Waals surface area contributed by atoms with Crippen molar-refractivity contribution >= 4 is 5.96 Å². The zero-order valence-corrected chi connectivity index (χ0v) is 19.3. The van der Waals surface area contributed by atoms with Gasteiger partial charge in [0.2, 0.25) is 5.89 Å². The molecule has 0 spiro atoms. The molecule has 0 bridgehead atoms. The highest BCUT2D eigenvalue weighted by molar-refractivity contribution is 5.79. The first-order valence-electron chi connectivity index (χ1n) is 10.6. The van der Waals surface area contributed by atoms with Crippen molar-refractivity contribution in [3.8, 4) is 5.75 Å². The van der Waals surface area contributed by atoms with E-state index in [1.165, 1.54) is 0 Å². The van der Waals surface area contributed by atoms with E-state index in [1.54, 1.807) is 6.20 Å². The van der Waals surface area contributed by atoms with Crippen molar-refractivity contribution in [3.63, 3.8) is 0 Å². The van der Waals surface area contributed by atoms with Crippen LogP contribution in [0.1, 0.15) is 51.3 Å². The monoisotopic (exact) mass is 415 g/mol. The third-order valence-corrected chi connectivity index (χ3v) is 4.41. The highest BCUT2D eigenvalue weighted by atomic mass is 16.5. The Balaban J connectivity index is 1.85. The maximum Gasteiger partial charge on any atom is 0.213 e. The van der Waals surface area contributed by atoms with Crippen molar-refractivity contribution in [2.75, 3.05) is 33.8 Å². The Morgan fingerprint density at radius 1 is 1.17 bits per heavy atom. The lowest BCUT2D eigenvalue weighted by atomic mass is 9.94. The average molecular weight is 416 g/mol. The van der Waals surface area contributed by atoms with Crippen molar-refractivity contribution in [1.82, 2.24) is 20.5 Å². The van der Waals surface area contributed by atoms with Crippen LogP contribution in [0.3, 0.4) is 0 Å². The second kappa shape index (κ2) is 11.6. The van der Waals surface area contributed by atoms with Crippen molar-refractivity contribution in [2.24, 2.45) is 4.99 Å². The number of nitrogens with one attached hydrogen (secondary N) is 2. The Morgan fingerprint density at radius 2 is 1.90 bits per heavy atom. The molecule has 7 heteroatoms. The molecule has 30 heavy (non-hydrogen) atoms. The van der Waals surface area contributed by atoms with Crippen LogP contribution in [0.5, 0.6) is 5.75 Å². The summed E-state index contributed by atoms with van der Waals surface area (Å²) in [7, 11) is 4.14. The normalized spacial score (nSPS) is 12.3. The molecule has 166 valence electrons. The third-order valence-electron chi connectivity index (χ3n) is 4.41. The fourth-order valence-electron chi connectivity index (χ4n) is 2.67. The van der Waals surface area contributed by atoms with Gasteiger partial charge in [-0.15, -0.1) is 0 Å². The summed E-state index contributed by atoms with van der Waals surface area (Å²) in [6.07, 6.45) is 2.81. The number of rotatable bonds is 10. The fourth-order valence-corrected chi connectivity index (χ4v) is 2.67. The predicted molar refractivity (Wildman–Crippen MR) is 122 cm³/mol. The van der Waals surface area contributed by atoms with Gasteiger partial charge in [-0.1, -0.05) is 32.9 Å². The number of hydrogen-bond acceptors (Lipinski definition) is 5. The van der Waals surface area contributed by atoms with Crippen LogP contribution < -0.4 is 15.4 Å². The summed E-state index contributed by atoms with van der Waals surface area (Å²) in [5, 5.41) is 6.54. The minimum Gasteiger partial charge on any atom is -0.494 e. The van der Waals surface area contributed by atoms with Gasteiger partial charge >= 0.3 is 0 Å². The van der Waals surface area contributed by atoms with Gasteiger partial charge in [0.25, 0.3) is 0 Å². The standard InChI is InChI=1S/C23H37N5O2/c1-7-24-22(27-17-21-25-16-20(30-21)23(2,3)4)26-15-18-9-11-19(12-10-18)29-14-8-13-28(5)6/h9-12,16H,7-8,13-15,17H2,1-6H3,(H2,24,26,27). The Bertz CT molecular complexity index is 776. The van der Waals surface area contributed by atoms with Gasteiger partial charge in [0.05, 0.1) is 25.9 Å². The molecule has 0 aliphatic carbocycles. The molecule has 0 unspecified atom stereocenters. The number of aromatic nitrogens is 1. The van der Waals surface area contributed by atoms with Gasteiger partial charge in [-0.3, -0.25) is 0 Å². The van der Waals surface area contributed by atoms with Crippen LogP contribution in [0, 0.1) is 0 Å². The van der Waals surface area contributed by atoms with E-state index in [0.29, 0.717) is 19.0 Å². The van der Waals surface area contributed by atoms with E-state index in [9.17, 15) is 0 Å². The van der Waals surface area contributed by atoms with E-state index >= 15 is 0 Å². The number of aliphatic imine (C=N–C) groups is 1. The number of ether oxygens (including phenoxy) is 1. The van der Waals surface area contributed by atoms with Gasteiger partial charge in [-0.25, -0.2) is 9.98 Å². The number of hydrogen-bond donors (Lipinski definition) is 2. The fraction of sp³-hybridized carbons (Fsp3) is 0.565. The van der Waals surface area contributed by atoms with Gasteiger partial charge in [-0.2, -0.15) is 0 Å². The van der Waals surface area contributed by atoms with Gasteiger partial charge in [-0.05, 0) is 45.1 Å². The van der Waals surface area contributed by atoms with E-state index in [4.69, 9.17) is 9.15 Å². The van der Waals surface area contributed by atoms with Crippen molar-refractivity contribution in [2.45, 2.75) is 52.6 Å². The van der Waals surface area contributed by atoms with Gasteiger partial charge < -0.3 is 24.7 Å². The first kappa shape index (κ1) is 23.7. The second-order valence-corrected chi connectivity index (χ2v) is 8.57. The molecule has 0 radical (unpaired) electrons. The molecule has 2 rings (SSSR count). The van der Waals surface area contributed by atoms with E-state index in [1.807, 2.05) is 19.1 Å². The first-order valence-corrected chi connectivity index (χ1v) is 10.6. The summed E-state index contributed by atoms with van der Waals surface area (Å²) in [5.74, 6) is 3.16. The summed E-state index contributed by atoms with van der Waals surface area (Å²) in [6, 6.07) is 8.11. The average Bonchev–Trinajstić information content (AvgIpc) is 3.18. The summed E-state index contributed by atoms with van der Waals surface area (Å²) < 4.78 is 11.6. The minimum absolute atomic E-state index is 0.0495. The smallest absolute Gasteiger partial charge is 0.213 e. The van der Waals surface area contributed by atoms with E-state index < -0.39 is 0 Å². The summed E-state index contributed by atoms with van der Waals surface area (Å²) in [5.41, 5.74) is 1.07. The van der Waals surface area contributed by atoms with Crippen molar-refractivity contribution in [3.05, 3.63) is 47.7 Å². The van der Waals surface area contributed by atoms with Gasteiger partial charge in [0, 0.05) is 18.5 Å². The van der Waals surface area contributed by atoms with E-state index in [2.05, 4.69) is 72.5 Å². The van der Waals surface area contributed by atoms with Crippen LogP contribution in [-0.2, 0) is 18.5 Å². The quantitative estimate of drug-likeness (QED) is 0.351. The first-order chi connectivity index (χ1) is 14.3. The molecule has 1 aromatic carbocycles. The molecule has 2 aromatic rings. The number of nitrogens with zero attached hydrogens (tertiary/aromatic N) is 3. The lowest BCUT2D eigenvalue weighted by Crippen LogP contribution is -2.36. The molecule has 1 heterocycles. The third kappa shape index (κ3) is 8.45. The maximum absolute atomic E-state index is 5.83. The van der Waals surface area contributed by atoms with E-state index in [-0.39, 0.29) is 5.41 Å². The maximum atomic E-state index is 5.83. The second-order valence-electron chi connectivity index (χ2n) is 8.57. The highest BCUT2D eigenvalue weighted by Gasteiger charge is 2.19. The van der Waals surface area contributed by atoms with Crippen LogP contribution in [0.25, 0.3) is 0 Å². The lowest BCUT2D eigenvalue weighted by Gasteiger charge is -2.13. The van der Waals surface area contributed by atoms with Crippen molar-refractivity contribution in [1.29, 1.82) is 0 Å². The molecule has 0 saturated heterocycles. The topological polar surface area (TPSA) is 74.9 Å². The Morgan fingerprint density at radius 3 is 2.50 bits per heavy atom. The zero-order chi connectivity index (χ0) is 22.0. The molecular formula is C23H37N5O2. The molecule has 0 fully saturated rings. The van der Waals surface area contributed by atoms with Crippen LogP contribution in [0.2, 0.25) is 0 Å². The molecule has 1 aromatic heterocycles. The zero-order valence-electron chi connectivity index (χ0n) is 19.3. The SMILES string of the molecule is CCNC(=NCc1ccc(OCCCN(C)C)cc1)NCc1ncc(C(C)(C)C)o1. The predicted octanol–water partition coefficient (Wildman–Crippen LogP) is 3.56. The molecule has 0 atom stereocenters. The molecule has 0 amide bonds. The van der Waals surface area contributed by atoms with Crippen LogP contribution in [0.15, 0.2) is 39.9 Å². The minimum atomic E-state index is -0.0495. The molecular weight excluding hydrogens is 378 g/mol. The number of guanidine groups is 1. The van der Waals surface area contributed by atoms with Crippen LogP contribution in [0.4, 0.5) is 0 Å². The number of benzene rings is 1. The highest BCUT2D eigenvalue weighted by Crippen LogP contribution is 2.22. The van der Waals surface area contributed by atoms with Gasteiger partial charge in [0.1, 0.15) is 11.5 Å². The molecule has 0 aliphatic heterocycles. The largest absolute Gasteiger partial charge is 0.494 e. The number of oxazole rings is 1. The summed E-state index contributed by atoms with van der Waals surface area (Å²) >= 11 is 0. The lowest BCUT2D eigenvalue weighted by molar-refractivity contribution is 0.281. The molecule has 2 N–H and O–H groups in total. The molecule has 0 aliphatic rings. The van der Waals surface area contributed by atoms with Crippen molar-refractivity contribution < 1.29 is 9.15 Å².